The van der Waals surface area contributed by atoms with Crippen LogP contribution in [0.15, 0.2) is 30.3 Å². The van der Waals surface area contributed by atoms with Gasteiger partial charge in [-0.15, -0.1) is 0 Å². The number of nitrogens with one attached hydrogen (secondary N) is 2. The molecule has 0 aromatic heterocycles. The van der Waals surface area contributed by atoms with Gasteiger partial charge in [-0.1, -0.05) is 43.2 Å². The molecule has 0 heterocycles. The van der Waals surface area contributed by atoms with Crippen LogP contribution >= 0.6 is 0 Å². The zero-order valence-electron chi connectivity index (χ0n) is 11.8. The lowest BCUT2D eigenvalue weighted by molar-refractivity contribution is -0.125. The van der Waals surface area contributed by atoms with Crippen molar-refractivity contribution in [3.63, 3.8) is 0 Å². The van der Waals surface area contributed by atoms with Gasteiger partial charge >= 0.3 is 6.03 Å². The van der Waals surface area contributed by atoms with E-state index in [1.165, 1.54) is 0 Å². The molecule has 2 rings (SSSR count). The summed E-state index contributed by atoms with van der Waals surface area (Å²) in [6.45, 7) is 0. The first-order valence-corrected chi connectivity index (χ1v) is 7.17. The summed E-state index contributed by atoms with van der Waals surface area (Å²) in [7, 11) is 0. The maximum Gasteiger partial charge on any atom is 0.313 e. The monoisotopic (exact) mass is 291 g/mol. The van der Waals surface area contributed by atoms with Crippen LogP contribution in [0, 0.1) is 0 Å². The van der Waals surface area contributed by atoms with Crippen LogP contribution in [0.2, 0.25) is 0 Å². The summed E-state index contributed by atoms with van der Waals surface area (Å²) < 4.78 is 0. The van der Waals surface area contributed by atoms with Gasteiger partial charge in [-0.3, -0.25) is 4.79 Å². The Morgan fingerprint density at radius 1 is 1.19 bits per heavy atom. The van der Waals surface area contributed by atoms with Crippen molar-refractivity contribution in [3.05, 3.63) is 35.9 Å². The van der Waals surface area contributed by atoms with E-state index < -0.39 is 18.2 Å². The van der Waals surface area contributed by atoms with Crippen LogP contribution in [0.3, 0.4) is 0 Å². The number of carbonyl (C=O) groups excluding carboxylic acids is 2. The highest BCUT2D eigenvalue weighted by molar-refractivity contribution is 5.87. The van der Waals surface area contributed by atoms with Gasteiger partial charge in [-0.25, -0.2) is 4.79 Å². The molecule has 0 radical (unpaired) electrons. The summed E-state index contributed by atoms with van der Waals surface area (Å²) in [5, 5.41) is 15.2. The molecule has 1 fully saturated rings. The Bertz CT molecular complexity index is 492. The first-order chi connectivity index (χ1) is 10.1. The second-order valence-electron chi connectivity index (χ2n) is 5.32. The summed E-state index contributed by atoms with van der Waals surface area (Å²) in [5.41, 5.74) is 5.80. The number of rotatable bonds is 4. The van der Waals surface area contributed by atoms with Crippen molar-refractivity contribution in [2.45, 2.75) is 43.9 Å². The van der Waals surface area contributed by atoms with Crippen LogP contribution in [-0.4, -0.2) is 29.2 Å². The maximum atomic E-state index is 12.4. The molecule has 1 saturated carbocycles. The van der Waals surface area contributed by atoms with Crippen LogP contribution in [0.4, 0.5) is 4.79 Å². The molecular weight excluding hydrogens is 270 g/mol. The molecule has 21 heavy (non-hydrogen) atoms. The van der Waals surface area contributed by atoms with E-state index in [1.807, 2.05) is 6.07 Å². The van der Waals surface area contributed by atoms with Crippen LogP contribution in [0.25, 0.3) is 0 Å². The van der Waals surface area contributed by atoms with Crippen molar-refractivity contribution in [2.24, 2.45) is 5.73 Å². The second kappa shape index (κ2) is 7.08. The first-order valence-electron chi connectivity index (χ1n) is 7.17. The highest BCUT2D eigenvalue weighted by Crippen LogP contribution is 2.20. The number of hydrogen-bond acceptors (Lipinski definition) is 3. The van der Waals surface area contributed by atoms with E-state index in [1.54, 1.807) is 24.3 Å². The van der Waals surface area contributed by atoms with E-state index in [9.17, 15) is 14.7 Å². The largest absolute Gasteiger partial charge is 0.391 e. The number of primary amides is 1. The fraction of sp³-hybridized carbons (Fsp3) is 0.467. The first kappa shape index (κ1) is 15.3. The van der Waals surface area contributed by atoms with Crippen molar-refractivity contribution >= 4 is 11.9 Å². The third-order valence-electron chi connectivity index (χ3n) is 3.74. The number of amides is 3. The van der Waals surface area contributed by atoms with Crippen molar-refractivity contribution in [1.29, 1.82) is 0 Å². The lowest BCUT2D eigenvalue weighted by atomic mass is 9.92. The number of benzene rings is 1. The molecule has 0 saturated heterocycles. The van der Waals surface area contributed by atoms with E-state index in [2.05, 4.69) is 10.6 Å². The number of urea groups is 1. The lowest BCUT2D eigenvalue weighted by Crippen LogP contribution is -2.50. The Morgan fingerprint density at radius 2 is 1.86 bits per heavy atom. The third kappa shape index (κ3) is 4.19. The van der Waals surface area contributed by atoms with Crippen molar-refractivity contribution in [3.8, 4) is 0 Å². The molecule has 1 aromatic carbocycles. The average Bonchev–Trinajstić information content (AvgIpc) is 2.48. The SMILES string of the molecule is NC(=O)NC(C(=O)N[C@@H]1CCCC[C@H]1O)c1ccccc1. The molecule has 114 valence electrons. The Hall–Kier alpha value is -2.08. The molecule has 6 nitrogen and oxygen atoms in total. The van der Waals surface area contributed by atoms with E-state index in [4.69, 9.17) is 5.73 Å². The Morgan fingerprint density at radius 3 is 2.48 bits per heavy atom. The summed E-state index contributed by atoms with van der Waals surface area (Å²) in [6, 6.07) is 7.01. The summed E-state index contributed by atoms with van der Waals surface area (Å²) >= 11 is 0. The molecule has 6 heteroatoms. The van der Waals surface area contributed by atoms with Gasteiger partial charge in [0.25, 0.3) is 0 Å². The van der Waals surface area contributed by atoms with Crippen molar-refractivity contribution in [1.82, 2.24) is 10.6 Å². The summed E-state index contributed by atoms with van der Waals surface area (Å²) in [6.07, 6.45) is 2.83. The van der Waals surface area contributed by atoms with Gasteiger partial charge in [0.1, 0.15) is 6.04 Å². The number of aliphatic hydroxyl groups is 1. The zero-order valence-corrected chi connectivity index (χ0v) is 11.8. The topological polar surface area (TPSA) is 104 Å². The third-order valence-corrected chi connectivity index (χ3v) is 3.74. The molecule has 0 bridgehead atoms. The van der Waals surface area contributed by atoms with Crippen LogP contribution in [-0.2, 0) is 4.79 Å². The van der Waals surface area contributed by atoms with Gasteiger partial charge in [-0.2, -0.15) is 0 Å². The highest BCUT2D eigenvalue weighted by atomic mass is 16.3. The molecule has 1 aromatic rings. The fourth-order valence-corrected chi connectivity index (χ4v) is 2.63. The lowest BCUT2D eigenvalue weighted by Gasteiger charge is -2.30. The quantitative estimate of drug-likeness (QED) is 0.660. The van der Waals surface area contributed by atoms with Gasteiger partial charge in [0.05, 0.1) is 12.1 Å². The maximum absolute atomic E-state index is 12.4. The zero-order chi connectivity index (χ0) is 15.2. The molecule has 3 atom stereocenters. The van der Waals surface area contributed by atoms with Crippen LogP contribution in [0.1, 0.15) is 37.3 Å². The summed E-state index contributed by atoms with van der Waals surface area (Å²) in [4.78, 5) is 23.5. The predicted octanol–water partition coefficient (Wildman–Crippen LogP) is 0.816. The minimum Gasteiger partial charge on any atom is -0.391 e. The Balaban J connectivity index is 2.09. The molecule has 1 aliphatic carbocycles. The van der Waals surface area contributed by atoms with Gasteiger partial charge in [0.15, 0.2) is 0 Å². The smallest absolute Gasteiger partial charge is 0.313 e. The number of nitrogens with two attached hydrogens (primary N) is 1. The standard InChI is InChI=1S/C15H21N3O3/c16-15(21)18-13(10-6-2-1-3-7-10)14(20)17-11-8-4-5-9-12(11)19/h1-3,6-7,11-13,19H,4-5,8-9H2,(H,17,20)(H3,16,18,21)/t11-,12-,13?/m1/s1. The highest BCUT2D eigenvalue weighted by Gasteiger charge is 2.28. The molecule has 1 unspecified atom stereocenters. The minimum atomic E-state index is -0.849. The van der Waals surface area contributed by atoms with Crippen LogP contribution < -0.4 is 16.4 Å². The van der Waals surface area contributed by atoms with Crippen LogP contribution in [0.5, 0.6) is 0 Å². The fourth-order valence-electron chi connectivity index (χ4n) is 2.63. The van der Waals surface area contributed by atoms with Gasteiger partial charge in [0, 0.05) is 0 Å². The van der Waals surface area contributed by atoms with E-state index in [0.717, 1.165) is 19.3 Å². The van der Waals surface area contributed by atoms with E-state index >= 15 is 0 Å². The van der Waals surface area contributed by atoms with Gasteiger partial charge in [-0.05, 0) is 18.4 Å². The Labute approximate surface area is 123 Å². The predicted molar refractivity (Wildman–Crippen MR) is 78.3 cm³/mol. The summed E-state index contributed by atoms with van der Waals surface area (Å²) in [5.74, 6) is -0.356. The number of aliphatic hydroxyl groups excluding tert-OH is 1. The number of carbonyl (C=O) groups is 2. The second-order valence-corrected chi connectivity index (χ2v) is 5.32. The molecule has 1 aliphatic rings. The molecular formula is C15H21N3O3. The van der Waals surface area contributed by atoms with E-state index in [0.29, 0.717) is 12.0 Å². The Kier molecular flexibility index (Phi) is 5.16. The molecule has 3 amide bonds. The van der Waals surface area contributed by atoms with Gasteiger partial charge < -0.3 is 21.5 Å². The van der Waals surface area contributed by atoms with Crippen molar-refractivity contribution in [2.75, 3.05) is 0 Å². The normalized spacial score (nSPS) is 23.1. The number of hydrogen-bond donors (Lipinski definition) is 4. The van der Waals surface area contributed by atoms with E-state index in [-0.39, 0.29) is 11.9 Å². The molecule has 0 aliphatic heterocycles. The molecule has 0 spiro atoms. The van der Waals surface area contributed by atoms with Crippen molar-refractivity contribution < 1.29 is 14.7 Å². The average molecular weight is 291 g/mol. The minimum absolute atomic E-state index is 0.271. The van der Waals surface area contributed by atoms with Gasteiger partial charge in [0.2, 0.25) is 5.91 Å². The molecule has 5 N–H and O–H groups in total.